The van der Waals surface area contributed by atoms with Gasteiger partial charge in [0.05, 0.1) is 0 Å². The maximum Gasteiger partial charge on any atom is 0.331 e. The minimum atomic E-state index is -1.05. The van der Waals surface area contributed by atoms with Gasteiger partial charge in [0, 0.05) is 38.7 Å². The van der Waals surface area contributed by atoms with E-state index in [-0.39, 0.29) is 17.4 Å². The summed E-state index contributed by atoms with van der Waals surface area (Å²) in [6.45, 7) is 0. The van der Waals surface area contributed by atoms with Crippen molar-refractivity contribution in [2.24, 2.45) is 0 Å². The molecule has 0 bridgehead atoms. The van der Waals surface area contributed by atoms with Crippen molar-refractivity contribution in [1.82, 2.24) is 0 Å². The van der Waals surface area contributed by atoms with E-state index in [0.717, 1.165) is 0 Å². The maximum atomic E-state index is 4.67. The summed E-state index contributed by atoms with van der Waals surface area (Å²) in [5, 5.41) is 0. The van der Waals surface area contributed by atoms with Crippen LogP contribution in [0.15, 0.2) is 0 Å². The molecule has 0 aliphatic heterocycles. The third-order valence-corrected chi connectivity index (χ3v) is 1.34. The van der Waals surface area contributed by atoms with Crippen LogP contribution in [0.1, 0.15) is 0 Å². The third kappa shape index (κ3) is 4.99. The van der Waals surface area contributed by atoms with E-state index in [2.05, 4.69) is 13.6 Å². The van der Waals surface area contributed by atoms with Crippen molar-refractivity contribution < 1.29 is 30.9 Å². The minimum absolute atomic E-state index is 0. The van der Waals surface area contributed by atoms with Crippen molar-refractivity contribution in [2.45, 2.75) is 0 Å². The molecule has 5 heteroatoms. The van der Waals surface area contributed by atoms with E-state index < -0.39 is 8.60 Å². The van der Waals surface area contributed by atoms with Crippen LogP contribution in [0.3, 0.4) is 0 Å². The summed E-state index contributed by atoms with van der Waals surface area (Å²) < 4.78 is 14.0. The molecule has 50 valence electrons. The van der Waals surface area contributed by atoms with Gasteiger partial charge in [0.2, 0.25) is 0 Å². The van der Waals surface area contributed by atoms with E-state index >= 15 is 0 Å². The summed E-state index contributed by atoms with van der Waals surface area (Å²) in [6, 6.07) is 0. The van der Waals surface area contributed by atoms with Crippen molar-refractivity contribution in [2.75, 3.05) is 21.3 Å². The molecule has 0 spiro atoms. The summed E-state index contributed by atoms with van der Waals surface area (Å²) in [7, 11) is 3.57. The molecule has 0 aromatic heterocycles. The molecule has 3 nitrogen and oxygen atoms in total. The van der Waals surface area contributed by atoms with Crippen molar-refractivity contribution in [3.63, 3.8) is 0 Å². The Morgan fingerprint density at radius 1 is 0.875 bits per heavy atom. The smallest absolute Gasteiger partial charge is 0.316 e. The SMILES string of the molecule is COP(OC)OC.[Cr]. The third-order valence-electron chi connectivity index (χ3n) is 0.447. The zero-order valence-electron chi connectivity index (χ0n) is 5.08. The van der Waals surface area contributed by atoms with Gasteiger partial charge in [-0.3, -0.25) is 0 Å². The topological polar surface area (TPSA) is 27.7 Å². The van der Waals surface area contributed by atoms with Crippen LogP contribution < -0.4 is 0 Å². The number of rotatable bonds is 3. The molecule has 0 amide bonds. The van der Waals surface area contributed by atoms with Gasteiger partial charge in [0.1, 0.15) is 0 Å². The first-order chi connectivity index (χ1) is 3.35. The molecule has 0 aliphatic rings. The van der Waals surface area contributed by atoms with Crippen molar-refractivity contribution in [3.05, 3.63) is 0 Å². The summed E-state index contributed by atoms with van der Waals surface area (Å²) in [5.41, 5.74) is 0. The Balaban J connectivity index is 0. The monoisotopic (exact) mass is 176 g/mol. The van der Waals surface area contributed by atoms with Gasteiger partial charge in [-0.05, 0) is 0 Å². The van der Waals surface area contributed by atoms with Crippen LogP contribution in [0, 0.1) is 0 Å². The molecule has 0 aromatic rings. The molecule has 0 aliphatic carbocycles. The predicted molar refractivity (Wildman–Crippen MR) is 27.9 cm³/mol. The summed E-state index contributed by atoms with van der Waals surface area (Å²) in [6.07, 6.45) is 0. The van der Waals surface area contributed by atoms with Crippen LogP contribution in [-0.4, -0.2) is 21.3 Å². The number of hydrogen-bond acceptors (Lipinski definition) is 3. The summed E-state index contributed by atoms with van der Waals surface area (Å²) in [5.74, 6) is 0. The number of hydrogen-bond donors (Lipinski definition) is 0. The summed E-state index contributed by atoms with van der Waals surface area (Å²) in [4.78, 5) is 0. The quantitative estimate of drug-likeness (QED) is 0.603. The van der Waals surface area contributed by atoms with E-state index in [0.29, 0.717) is 0 Å². The fourth-order valence-corrected chi connectivity index (χ4v) is 0.671. The van der Waals surface area contributed by atoms with E-state index in [1.807, 2.05) is 0 Å². The Hall–Kier alpha value is 0.842. The van der Waals surface area contributed by atoms with Gasteiger partial charge in [-0.25, -0.2) is 0 Å². The standard InChI is InChI=1S/C3H9O3P.Cr/c1-4-7(5-2)6-3;/h1-3H3;. The van der Waals surface area contributed by atoms with Crippen molar-refractivity contribution in [3.8, 4) is 0 Å². The molecule has 8 heavy (non-hydrogen) atoms. The molecule has 0 saturated carbocycles. The Kier molecular flexibility index (Phi) is 11.4. The first kappa shape index (κ1) is 11.6. The van der Waals surface area contributed by atoms with Gasteiger partial charge in [-0.1, -0.05) is 0 Å². The summed E-state index contributed by atoms with van der Waals surface area (Å²) >= 11 is 0. The molecule has 0 heterocycles. The van der Waals surface area contributed by atoms with Gasteiger partial charge in [-0.2, -0.15) is 0 Å². The Morgan fingerprint density at radius 2 is 1.12 bits per heavy atom. The van der Waals surface area contributed by atoms with E-state index in [1.165, 1.54) is 0 Å². The van der Waals surface area contributed by atoms with Crippen molar-refractivity contribution in [1.29, 1.82) is 0 Å². The molecule has 0 saturated heterocycles. The zero-order chi connectivity index (χ0) is 5.70. The maximum absolute atomic E-state index is 4.67. The van der Waals surface area contributed by atoms with Crippen LogP contribution >= 0.6 is 8.60 Å². The van der Waals surface area contributed by atoms with Gasteiger partial charge >= 0.3 is 8.60 Å². The minimum Gasteiger partial charge on any atom is -0.316 e. The fraction of sp³-hybridized carbons (Fsp3) is 1.00. The molecule has 0 aromatic carbocycles. The van der Waals surface area contributed by atoms with Gasteiger partial charge in [0.15, 0.2) is 0 Å². The molecular formula is C3H9CrO3P. The second-order valence-corrected chi connectivity index (χ2v) is 2.31. The van der Waals surface area contributed by atoms with Crippen LogP contribution in [-0.2, 0) is 30.9 Å². The largest absolute Gasteiger partial charge is 0.331 e. The van der Waals surface area contributed by atoms with E-state index in [1.54, 1.807) is 21.3 Å². The van der Waals surface area contributed by atoms with Crippen molar-refractivity contribution >= 4 is 8.60 Å². The molecule has 0 atom stereocenters. The van der Waals surface area contributed by atoms with Crippen LogP contribution in [0.4, 0.5) is 0 Å². The first-order valence-corrected chi connectivity index (χ1v) is 2.87. The van der Waals surface area contributed by atoms with Crippen LogP contribution in [0.2, 0.25) is 0 Å². The zero-order valence-corrected chi connectivity index (χ0v) is 7.25. The fourth-order valence-electron chi connectivity index (χ4n) is 0.224. The second kappa shape index (κ2) is 7.84. The Labute approximate surface area is 61.4 Å². The molecular weight excluding hydrogens is 167 g/mol. The molecule has 0 rings (SSSR count). The Bertz CT molecular complexity index is 36.0. The average molecular weight is 176 g/mol. The molecule has 0 N–H and O–H groups in total. The van der Waals surface area contributed by atoms with E-state index in [9.17, 15) is 0 Å². The molecule has 0 radical (unpaired) electrons. The predicted octanol–water partition coefficient (Wildman–Crippen LogP) is 1.15. The molecule has 0 fully saturated rings. The average Bonchev–Trinajstić information content (AvgIpc) is 1.72. The van der Waals surface area contributed by atoms with Gasteiger partial charge in [-0.15, -0.1) is 0 Å². The van der Waals surface area contributed by atoms with Crippen LogP contribution in [0.5, 0.6) is 0 Å². The Morgan fingerprint density at radius 3 is 1.12 bits per heavy atom. The normalized spacial score (nSPS) is 9.00. The second-order valence-electron chi connectivity index (χ2n) is 0.771. The first-order valence-electron chi connectivity index (χ1n) is 1.77. The van der Waals surface area contributed by atoms with Gasteiger partial charge < -0.3 is 13.6 Å². The van der Waals surface area contributed by atoms with Crippen LogP contribution in [0.25, 0.3) is 0 Å². The molecule has 0 unspecified atom stereocenters. The van der Waals surface area contributed by atoms with E-state index in [4.69, 9.17) is 0 Å². The van der Waals surface area contributed by atoms with Gasteiger partial charge in [0.25, 0.3) is 0 Å².